The van der Waals surface area contributed by atoms with E-state index in [9.17, 15) is 4.79 Å². The van der Waals surface area contributed by atoms with Crippen molar-refractivity contribution < 1.29 is 9.53 Å². The largest absolute Gasteiger partial charge is 0.465 e. The lowest BCUT2D eigenvalue weighted by Crippen LogP contribution is -2.12. The normalized spacial score (nSPS) is 10.9. The summed E-state index contributed by atoms with van der Waals surface area (Å²) in [6, 6.07) is 1.81. The Morgan fingerprint density at radius 1 is 1.16 bits per heavy atom. The maximum atomic E-state index is 11.1. The minimum Gasteiger partial charge on any atom is -0.465 e. The van der Waals surface area contributed by atoms with Crippen molar-refractivity contribution in [3.8, 4) is 6.07 Å². The highest BCUT2D eigenvalue weighted by Crippen LogP contribution is 2.07. The average Bonchev–Trinajstić information content (AvgIpc) is 2.44. The van der Waals surface area contributed by atoms with Crippen LogP contribution in [0.5, 0.6) is 0 Å². The number of nitrogens with zero attached hydrogens (tertiary/aromatic N) is 1. The van der Waals surface area contributed by atoms with Crippen molar-refractivity contribution >= 4 is 5.97 Å². The molecule has 0 spiro atoms. The Hall–Kier alpha value is -1.50. The first-order valence-corrected chi connectivity index (χ1v) is 7.18. The van der Waals surface area contributed by atoms with Crippen LogP contribution >= 0.6 is 0 Å². The molecule has 0 saturated carbocycles. The van der Waals surface area contributed by atoms with E-state index in [1.165, 1.54) is 58.3 Å². The number of nitrogens with one attached hydrogen (secondary N) is 1. The molecule has 0 aromatic rings. The smallest absolute Gasteiger partial charge is 0.350 e. The molecule has 108 valence electrons. The van der Waals surface area contributed by atoms with E-state index in [4.69, 9.17) is 5.26 Å². The summed E-state index contributed by atoms with van der Waals surface area (Å²) in [5.41, 5.74) is 0.0158. The predicted octanol–water partition coefficient (Wildman–Crippen LogP) is 3.30. The standard InChI is InChI=1S/C15H26N2O2/c1-3-4-5-6-7-8-9-10-11-17-13-14(12-16)15(18)19-2/h13,17H,3-11H2,1-2H3/b14-13+. The van der Waals surface area contributed by atoms with Gasteiger partial charge < -0.3 is 10.1 Å². The molecule has 0 atom stereocenters. The van der Waals surface area contributed by atoms with Gasteiger partial charge in [0.25, 0.3) is 0 Å². The molecule has 0 radical (unpaired) electrons. The van der Waals surface area contributed by atoms with E-state index < -0.39 is 5.97 Å². The zero-order valence-electron chi connectivity index (χ0n) is 12.2. The highest BCUT2D eigenvalue weighted by Gasteiger charge is 2.06. The Bertz CT molecular complexity index is 306. The molecule has 0 heterocycles. The van der Waals surface area contributed by atoms with E-state index in [2.05, 4.69) is 17.0 Å². The van der Waals surface area contributed by atoms with Gasteiger partial charge >= 0.3 is 5.97 Å². The van der Waals surface area contributed by atoms with Crippen LogP contribution in [0.15, 0.2) is 11.8 Å². The molecule has 0 fully saturated rings. The number of nitriles is 1. The van der Waals surface area contributed by atoms with Crippen LogP contribution < -0.4 is 5.32 Å². The van der Waals surface area contributed by atoms with Crippen molar-refractivity contribution in [1.82, 2.24) is 5.32 Å². The van der Waals surface area contributed by atoms with Crippen LogP contribution in [0.4, 0.5) is 0 Å². The molecule has 0 aliphatic rings. The Labute approximate surface area is 116 Å². The topological polar surface area (TPSA) is 62.1 Å². The predicted molar refractivity (Wildman–Crippen MR) is 76.3 cm³/mol. The summed E-state index contributed by atoms with van der Waals surface area (Å²) in [6.07, 6.45) is 11.6. The van der Waals surface area contributed by atoms with E-state index >= 15 is 0 Å². The number of ether oxygens (including phenoxy) is 1. The van der Waals surface area contributed by atoms with Gasteiger partial charge in [-0.15, -0.1) is 0 Å². The number of carbonyl (C=O) groups is 1. The summed E-state index contributed by atoms with van der Waals surface area (Å²) < 4.78 is 4.48. The van der Waals surface area contributed by atoms with Crippen molar-refractivity contribution in [3.05, 3.63) is 11.8 Å². The second-order valence-electron chi connectivity index (χ2n) is 4.59. The number of hydrogen-bond acceptors (Lipinski definition) is 4. The molecule has 0 unspecified atom stereocenters. The Kier molecular flexibility index (Phi) is 11.9. The monoisotopic (exact) mass is 266 g/mol. The van der Waals surface area contributed by atoms with Crippen LogP contribution in [0.3, 0.4) is 0 Å². The molecule has 0 amide bonds. The molecule has 0 bridgehead atoms. The lowest BCUT2D eigenvalue weighted by molar-refractivity contribution is -0.135. The zero-order chi connectivity index (χ0) is 14.3. The van der Waals surface area contributed by atoms with Crippen molar-refractivity contribution in [2.75, 3.05) is 13.7 Å². The van der Waals surface area contributed by atoms with Crippen molar-refractivity contribution in [2.24, 2.45) is 0 Å². The molecule has 0 aliphatic carbocycles. The molecule has 0 aromatic heterocycles. The van der Waals surface area contributed by atoms with Gasteiger partial charge in [0.2, 0.25) is 0 Å². The van der Waals surface area contributed by atoms with Crippen LogP contribution in [-0.2, 0) is 9.53 Å². The molecule has 4 heteroatoms. The number of rotatable bonds is 11. The molecule has 19 heavy (non-hydrogen) atoms. The summed E-state index contributed by atoms with van der Waals surface area (Å²) >= 11 is 0. The molecule has 0 aliphatic heterocycles. The third-order valence-corrected chi connectivity index (χ3v) is 2.95. The van der Waals surface area contributed by atoms with Crippen LogP contribution in [-0.4, -0.2) is 19.6 Å². The maximum absolute atomic E-state index is 11.1. The third kappa shape index (κ3) is 10.1. The molecule has 0 aromatic carbocycles. The first kappa shape index (κ1) is 17.5. The van der Waals surface area contributed by atoms with E-state index in [0.717, 1.165) is 13.0 Å². The third-order valence-electron chi connectivity index (χ3n) is 2.95. The minimum atomic E-state index is -0.592. The lowest BCUT2D eigenvalue weighted by Gasteiger charge is -2.03. The highest BCUT2D eigenvalue weighted by atomic mass is 16.5. The van der Waals surface area contributed by atoms with Gasteiger partial charge in [0.15, 0.2) is 5.57 Å². The SMILES string of the molecule is CCCCCCCCCCN/C=C(\C#N)C(=O)OC. The second-order valence-corrected chi connectivity index (χ2v) is 4.59. The van der Waals surface area contributed by atoms with Gasteiger partial charge in [0.1, 0.15) is 6.07 Å². The van der Waals surface area contributed by atoms with Gasteiger partial charge in [-0.2, -0.15) is 5.26 Å². The highest BCUT2D eigenvalue weighted by molar-refractivity contribution is 5.92. The van der Waals surface area contributed by atoms with Crippen LogP contribution in [0, 0.1) is 11.3 Å². The maximum Gasteiger partial charge on any atom is 0.350 e. The summed E-state index contributed by atoms with van der Waals surface area (Å²) in [7, 11) is 1.27. The fourth-order valence-corrected chi connectivity index (χ4v) is 1.78. The van der Waals surface area contributed by atoms with Gasteiger partial charge in [-0.1, -0.05) is 51.9 Å². The zero-order valence-corrected chi connectivity index (χ0v) is 12.2. The van der Waals surface area contributed by atoms with Crippen LogP contribution in [0.25, 0.3) is 0 Å². The number of hydrogen-bond donors (Lipinski definition) is 1. The van der Waals surface area contributed by atoms with Gasteiger partial charge in [0, 0.05) is 12.7 Å². The molecular weight excluding hydrogens is 240 g/mol. The summed E-state index contributed by atoms with van der Waals surface area (Å²) in [5.74, 6) is -0.592. The van der Waals surface area contributed by atoms with Gasteiger partial charge in [-0.05, 0) is 6.42 Å². The van der Waals surface area contributed by atoms with E-state index in [1.54, 1.807) is 0 Å². The summed E-state index contributed by atoms with van der Waals surface area (Å²) in [4.78, 5) is 11.1. The fourth-order valence-electron chi connectivity index (χ4n) is 1.78. The molecule has 4 nitrogen and oxygen atoms in total. The molecule has 0 rings (SSSR count). The Morgan fingerprint density at radius 3 is 2.26 bits per heavy atom. The fraction of sp³-hybridized carbons (Fsp3) is 0.733. The first-order valence-electron chi connectivity index (χ1n) is 7.18. The number of unbranched alkanes of at least 4 members (excludes halogenated alkanes) is 7. The van der Waals surface area contributed by atoms with Crippen molar-refractivity contribution in [3.63, 3.8) is 0 Å². The summed E-state index contributed by atoms with van der Waals surface area (Å²) in [5, 5.41) is 11.7. The number of methoxy groups -OCH3 is 1. The first-order chi connectivity index (χ1) is 9.26. The van der Waals surface area contributed by atoms with Crippen LogP contribution in [0.1, 0.15) is 58.3 Å². The van der Waals surface area contributed by atoms with Gasteiger partial charge in [-0.3, -0.25) is 0 Å². The quantitative estimate of drug-likeness (QED) is 0.270. The second kappa shape index (κ2) is 12.9. The number of carbonyl (C=O) groups excluding carboxylic acids is 1. The van der Waals surface area contributed by atoms with Gasteiger partial charge in [0.05, 0.1) is 7.11 Å². The molecular formula is C15H26N2O2. The van der Waals surface area contributed by atoms with Crippen molar-refractivity contribution in [2.45, 2.75) is 58.3 Å². The Balaban J connectivity index is 3.47. The van der Waals surface area contributed by atoms with Crippen molar-refractivity contribution in [1.29, 1.82) is 5.26 Å². The van der Waals surface area contributed by atoms with E-state index in [0.29, 0.717) is 0 Å². The average molecular weight is 266 g/mol. The lowest BCUT2D eigenvalue weighted by atomic mass is 10.1. The molecule has 0 saturated heterocycles. The molecule has 1 N–H and O–H groups in total. The van der Waals surface area contributed by atoms with E-state index in [-0.39, 0.29) is 5.57 Å². The number of esters is 1. The van der Waals surface area contributed by atoms with Gasteiger partial charge in [-0.25, -0.2) is 4.79 Å². The summed E-state index contributed by atoms with van der Waals surface area (Å²) in [6.45, 7) is 3.01. The Morgan fingerprint density at radius 2 is 1.74 bits per heavy atom. The minimum absolute atomic E-state index is 0.0158. The van der Waals surface area contributed by atoms with Crippen LogP contribution in [0.2, 0.25) is 0 Å². The van der Waals surface area contributed by atoms with E-state index in [1.807, 2.05) is 6.07 Å².